The maximum absolute atomic E-state index is 5.31. The van der Waals surface area contributed by atoms with Gasteiger partial charge in [-0.25, -0.2) is 0 Å². The van der Waals surface area contributed by atoms with Crippen molar-refractivity contribution in [2.45, 2.75) is 25.3 Å². The first-order valence-electron chi connectivity index (χ1n) is 5.91. The molecule has 1 aliphatic heterocycles. The average molecular weight is 303 g/mol. The molecule has 5 nitrogen and oxygen atoms in total. The lowest BCUT2D eigenvalue weighted by Gasteiger charge is -2.19. The molecule has 7 heteroatoms. The van der Waals surface area contributed by atoms with Crippen LogP contribution >= 0.6 is 24.8 Å². The Morgan fingerprint density at radius 3 is 2.84 bits per heavy atom. The lowest BCUT2D eigenvalue weighted by molar-refractivity contribution is 0.297. The summed E-state index contributed by atoms with van der Waals surface area (Å²) in [4.78, 5) is 8.47. The predicted molar refractivity (Wildman–Crippen MR) is 76.6 cm³/mol. The molecule has 0 aromatic carbocycles. The number of piperidine rings is 1. The van der Waals surface area contributed by atoms with Crippen molar-refractivity contribution in [3.8, 4) is 11.4 Å². The molecule has 1 saturated heterocycles. The molecule has 1 atom stereocenters. The summed E-state index contributed by atoms with van der Waals surface area (Å²) in [5.41, 5.74) is 0.887. The van der Waals surface area contributed by atoms with E-state index in [9.17, 15) is 0 Å². The zero-order valence-electron chi connectivity index (χ0n) is 10.3. The molecule has 0 radical (unpaired) electrons. The molecule has 0 amide bonds. The van der Waals surface area contributed by atoms with Crippen LogP contribution in [0.2, 0.25) is 0 Å². The van der Waals surface area contributed by atoms with Crippen LogP contribution in [0.15, 0.2) is 29.0 Å². The maximum Gasteiger partial charge on any atom is 0.244 e. The molecule has 0 bridgehead atoms. The summed E-state index contributed by atoms with van der Waals surface area (Å²) in [6.07, 6.45) is 6.97. The summed E-state index contributed by atoms with van der Waals surface area (Å²) >= 11 is 0. The van der Waals surface area contributed by atoms with Crippen LogP contribution in [0.1, 0.15) is 31.2 Å². The van der Waals surface area contributed by atoms with Crippen molar-refractivity contribution >= 4 is 24.8 Å². The summed E-state index contributed by atoms with van der Waals surface area (Å²) in [7, 11) is 0. The summed E-state index contributed by atoms with van der Waals surface area (Å²) in [5, 5.41) is 7.38. The van der Waals surface area contributed by atoms with Gasteiger partial charge in [-0.3, -0.25) is 4.98 Å². The minimum atomic E-state index is 0. The van der Waals surface area contributed by atoms with Crippen molar-refractivity contribution < 1.29 is 4.52 Å². The Hall–Kier alpha value is -1.17. The van der Waals surface area contributed by atoms with Gasteiger partial charge >= 0.3 is 0 Å². The van der Waals surface area contributed by atoms with Crippen molar-refractivity contribution in [2.24, 2.45) is 0 Å². The van der Waals surface area contributed by atoms with Crippen molar-refractivity contribution in [1.29, 1.82) is 0 Å². The number of halogens is 2. The minimum absolute atomic E-state index is 0. The Morgan fingerprint density at radius 1 is 1.26 bits per heavy atom. The largest absolute Gasteiger partial charge is 0.337 e. The lowest BCUT2D eigenvalue weighted by atomic mass is 10.1. The highest BCUT2D eigenvalue weighted by Gasteiger charge is 2.21. The van der Waals surface area contributed by atoms with Gasteiger partial charge in [0.15, 0.2) is 0 Å². The molecular formula is C12H16Cl2N4O. The first kappa shape index (κ1) is 15.9. The van der Waals surface area contributed by atoms with E-state index in [-0.39, 0.29) is 30.9 Å². The van der Waals surface area contributed by atoms with Gasteiger partial charge in [0.2, 0.25) is 11.7 Å². The van der Waals surface area contributed by atoms with Crippen molar-refractivity contribution in [3.63, 3.8) is 0 Å². The van der Waals surface area contributed by atoms with Crippen LogP contribution in [0.4, 0.5) is 0 Å². The number of nitrogens with zero attached hydrogens (tertiary/aromatic N) is 3. The molecule has 3 heterocycles. The first-order chi connectivity index (χ1) is 8.43. The van der Waals surface area contributed by atoms with Gasteiger partial charge in [0.05, 0.1) is 6.04 Å². The number of aromatic nitrogens is 3. The van der Waals surface area contributed by atoms with E-state index in [2.05, 4.69) is 20.4 Å². The number of hydrogen-bond donors (Lipinski definition) is 1. The van der Waals surface area contributed by atoms with Crippen LogP contribution in [0, 0.1) is 0 Å². The summed E-state index contributed by atoms with van der Waals surface area (Å²) < 4.78 is 5.31. The number of hydrogen-bond acceptors (Lipinski definition) is 5. The Labute approximate surface area is 124 Å². The van der Waals surface area contributed by atoms with Gasteiger partial charge in [-0.1, -0.05) is 11.6 Å². The zero-order chi connectivity index (χ0) is 11.5. The molecule has 1 aliphatic rings. The van der Waals surface area contributed by atoms with Crippen LogP contribution < -0.4 is 5.32 Å². The third kappa shape index (κ3) is 3.65. The third-order valence-corrected chi connectivity index (χ3v) is 2.97. The van der Waals surface area contributed by atoms with Crippen molar-refractivity contribution in [2.75, 3.05) is 6.54 Å². The molecule has 1 N–H and O–H groups in total. The molecular weight excluding hydrogens is 287 g/mol. The van der Waals surface area contributed by atoms with Gasteiger partial charge in [0.25, 0.3) is 0 Å². The summed E-state index contributed by atoms with van der Waals surface area (Å²) in [5.74, 6) is 1.30. The number of nitrogens with one attached hydrogen (secondary N) is 1. The van der Waals surface area contributed by atoms with Gasteiger partial charge < -0.3 is 9.84 Å². The number of rotatable bonds is 2. The van der Waals surface area contributed by atoms with E-state index in [0.29, 0.717) is 11.7 Å². The zero-order valence-corrected chi connectivity index (χ0v) is 11.9. The molecule has 2 aromatic rings. The van der Waals surface area contributed by atoms with Crippen LogP contribution in [-0.4, -0.2) is 21.7 Å². The predicted octanol–water partition coefficient (Wildman–Crippen LogP) is 2.79. The first-order valence-corrected chi connectivity index (χ1v) is 5.91. The fourth-order valence-electron chi connectivity index (χ4n) is 2.05. The standard InChI is InChI=1S/C12H14N4O.2ClH/c1-2-7-14-10(5-1)12-15-11(16-17-12)9-4-3-6-13-8-9;;/h3-4,6,8,10,14H,1-2,5,7H2;2*1H. The Bertz CT molecular complexity index is 485. The van der Waals surface area contributed by atoms with Gasteiger partial charge in [0.1, 0.15) is 0 Å². The maximum atomic E-state index is 5.31. The molecule has 19 heavy (non-hydrogen) atoms. The number of pyridine rings is 1. The van der Waals surface area contributed by atoms with Crippen LogP contribution in [0.3, 0.4) is 0 Å². The smallest absolute Gasteiger partial charge is 0.244 e. The molecule has 104 valence electrons. The van der Waals surface area contributed by atoms with Crippen LogP contribution in [0.25, 0.3) is 11.4 Å². The Balaban J connectivity index is 0.000000902. The Kier molecular flexibility index (Phi) is 6.21. The van der Waals surface area contributed by atoms with E-state index in [1.54, 1.807) is 12.4 Å². The third-order valence-electron chi connectivity index (χ3n) is 2.97. The van der Waals surface area contributed by atoms with Gasteiger partial charge in [-0.05, 0) is 31.5 Å². The van der Waals surface area contributed by atoms with Gasteiger partial charge in [-0.2, -0.15) is 4.98 Å². The fraction of sp³-hybridized carbons (Fsp3) is 0.417. The highest BCUT2D eigenvalue weighted by Crippen LogP contribution is 2.23. The summed E-state index contributed by atoms with van der Waals surface area (Å²) in [6, 6.07) is 4.00. The second-order valence-corrected chi connectivity index (χ2v) is 4.20. The molecule has 3 rings (SSSR count). The summed E-state index contributed by atoms with van der Waals surface area (Å²) in [6.45, 7) is 1.02. The van der Waals surface area contributed by atoms with E-state index < -0.39 is 0 Å². The van der Waals surface area contributed by atoms with Crippen molar-refractivity contribution in [1.82, 2.24) is 20.4 Å². The molecule has 1 fully saturated rings. The second kappa shape index (κ2) is 7.43. The van der Waals surface area contributed by atoms with Crippen LogP contribution in [-0.2, 0) is 0 Å². The van der Waals surface area contributed by atoms with E-state index >= 15 is 0 Å². The molecule has 0 aliphatic carbocycles. The van der Waals surface area contributed by atoms with E-state index in [1.807, 2.05) is 12.1 Å². The second-order valence-electron chi connectivity index (χ2n) is 4.20. The Morgan fingerprint density at radius 2 is 2.16 bits per heavy atom. The quantitative estimate of drug-likeness (QED) is 0.924. The monoisotopic (exact) mass is 302 g/mol. The SMILES string of the molecule is Cl.Cl.c1cncc(-c2noc(C3CCCCN3)n2)c1. The van der Waals surface area contributed by atoms with Crippen molar-refractivity contribution in [3.05, 3.63) is 30.4 Å². The minimum Gasteiger partial charge on any atom is -0.337 e. The molecule has 0 saturated carbocycles. The highest BCUT2D eigenvalue weighted by molar-refractivity contribution is 5.85. The van der Waals surface area contributed by atoms with Crippen LogP contribution in [0.5, 0.6) is 0 Å². The van der Waals surface area contributed by atoms with E-state index in [1.165, 1.54) is 12.8 Å². The fourth-order valence-corrected chi connectivity index (χ4v) is 2.05. The molecule has 2 aromatic heterocycles. The average Bonchev–Trinajstić information content (AvgIpc) is 2.90. The molecule has 1 unspecified atom stereocenters. The van der Waals surface area contributed by atoms with E-state index in [4.69, 9.17) is 4.52 Å². The van der Waals surface area contributed by atoms with Gasteiger partial charge in [0, 0.05) is 18.0 Å². The normalized spacial score (nSPS) is 18.2. The topological polar surface area (TPSA) is 63.8 Å². The van der Waals surface area contributed by atoms with Gasteiger partial charge in [-0.15, -0.1) is 24.8 Å². The van der Waals surface area contributed by atoms with E-state index in [0.717, 1.165) is 18.5 Å². The molecule has 0 spiro atoms. The highest BCUT2D eigenvalue weighted by atomic mass is 35.5. The lowest BCUT2D eigenvalue weighted by Crippen LogP contribution is -2.26.